The van der Waals surface area contributed by atoms with Gasteiger partial charge in [0.05, 0.1) is 12.6 Å². The highest BCUT2D eigenvalue weighted by molar-refractivity contribution is 5.74. The summed E-state index contributed by atoms with van der Waals surface area (Å²) in [6.45, 7) is 8.91. The van der Waals surface area contributed by atoms with E-state index >= 15 is 0 Å². The van der Waals surface area contributed by atoms with Crippen LogP contribution < -0.4 is 10.6 Å². The van der Waals surface area contributed by atoms with Crippen molar-refractivity contribution in [3.05, 3.63) is 30.1 Å². The highest BCUT2D eigenvalue weighted by Crippen LogP contribution is 2.22. The third-order valence-corrected chi connectivity index (χ3v) is 3.71. The third kappa shape index (κ3) is 6.43. The van der Waals surface area contributed by atoms with Crippen LogP contribution in [0.1, 0.15) is 45.6 Å². The molecule has 2 unspecified atom stereocenters. The molecular weight excluding hydrogens is 278 g/mol. The van der Waals surface area contributed by atoms with Crippen LogP contribution in [0.5, 0.6) is 0 Å². The summed E-state index contributed by atoms with van der Waals surface area (Å²) in [6.07, 6.45) is 4.36. The van der Waals surface area contributed by atoms with E-state index in [2.05, 4.69) is 43.3 Å². The monoisotopic (exact) mass is 307 g/mol. The molecule has 0 aromatic carbocycles. The van der Waals surface area contributed by atoms with Crippen LogP contribution in [0.2, 0.25) is 0 Å². The Hall–Kier alpha value is -1.62. The topological polar surface area (TPSA) is 74.2 Å². The summed E-state index contributed by atoms with van der Waals surface area (Å²) in [7, 11) is 0. The number of hydrogen-bond acceptors (Lipinski definition) is 3. The van der Waals surface area contributed by atoms with Gasteiger partial charge in [-0.05, 0) is 29.9 Å². The first-order valence-electron chi connectivity index (χ1n) is 7.99. The van der Waals surface area contributed by atoms with E-state index < -0.39 is 0 Å². The molecule has 0 bridgehead atoms. The van der Waals surface area contributed by atoms with E-state index in [0.29, 0.717) is 18.4 Å². The zero-order chi connectivity index (χ0) is 16.5. The van der Waals surface area contributed by atoms with Crippen molar-refractivity contribution in [2.24, 2.45) is 11.8 Å². The number of rotatable bonds is 8. The third-order valence-electron chi connectivity index (χ3n) is 3.71. The van der Waals surface area contributed by atoms with Gasteiger partial charge in [0.15, 0.2) is 0 Å². The molecule has 1 aromatic heterocycles. The van der Waals surface area contributed by atoms with Gasteiger partial charge in [-0.15, -0.1) is 0 Å². The van der Waals surface area contributed by atoms with E-state index in [4.69, 9.17) is 0 Å². The summed E-state index contributed by atoms with van der Waals surface area (Å²) in [5, 5.41) is 15.1. The maximum atomic E-state index is 12.0. The Morgan fingerprint density at radius 1 is 1.32 bits per heavy atom. The van der Waals surface area contributed by atoms with Crippen molar-refractivity contribution >= 4 is 6.03 Å². The average molecular weight is 307 g/mol. The molecule has 0 radical (unpaired) electrons. The number of amides is 2. The zero-order valence-corrected chi connectivity index (χ0v) is 14.0. The molecule has 1 heterocycles. The van der Waals surface area contributed by atoms with E-state index in [1.165, 1.54) is 0 Å². The molecule has 2 atom stereocenters. The number of aliphatic hydroxyl groups excluding tert-OH is 1. The first-order valence-corrected chi connectivity index (χ1v) is 7.99. The van der Waals surface area contributed by atoms with Gasteiger partial charge in [0.25, 0.3) is 0 Å². The minimum atomic E-state index is -0.228. The van der Waals surface area contributed by atoms with Crippen LogP contribution in [0.4, 0.5) is 4.79 Å². The Morgan fingerprint density at radius 2 is 2.05 bits per heavy atom. The number of aromatic nitrogens is 1. The minimum absolute atomic E-state index is 0.0399. The first-order chi connectivity index (χ1) is 10.4. The smallest absolute Gasteiger partial charge is 0.315 e. The standard InChI is InChI=1S/C17H29N3O2/c1-12(2)8-15(11-21)20-17(22)19-10-16(13(3)4)14-6-5-7-18-9-14/h5-7,9,12-13,15-16,21H,8,10-11H2,1-4H3,(H2,19,20,22). The van der Waals surface area contributed by atoms with Crippen LogP contribution in [0.15, 0.2) is 24.5 Å². The lowest BCUT2D eigenvalue weighted by atomic mass is 9.89. The highest BCUT2D eigenvalue weighted by Gasteiger charge is 2.18. The van der Waals surface area contributed by atoms with E-state index in [0.717, 1.165) is 12.0 Å². The molecule has 5 nitrogen and oxygen atoms in total. The predicted molar refractivity (Wildman–Crippen MR) is 88.7 cm³/mol. The van der Waals surface area contributed by atoms with Gasteiger partial charge in [0.1, 0.15) is 0 Å². The molecule has 0 aliphatic heterocycles. The molecular formula is C17H29N3O2. The molecule has 0 aliphatic carbocycles. The SMILES string of the molecule is CC(C)CC(CO)NC(=O)NCC(c1cccnc1)C(C)C. The number of nitrogens with zero attached hydrogens (tertiary/aromatic N) is 1. The molecule has 1 rings (SSSR count). The van der Waals surface area contributed by atoms with Crippen LogP contribution in [-0.4, -0.2) is 35.3 Å². The lowest BCUT2D eigenvalue weighted by molar-refractivity contribution is 0.206. The summed E-state index contributed by atoms with van der Waals surface area (Å²) in [4.78, 5) is 16.2. The molecule has 0 aliphatic rings. The van der Waals surface area contributed by atoms with E-state index in [1.807, 2.05) is 18.3 Å². The van der Waals surface area contributed by atoms with Crippen molar-refractivity contribution in [2.75, 3.05) is 13.2 Å². The van der Waals surface area contributed by atoms with Crippen molar-refractivity contribution < 1.29 is 9.90 Å². The van der Waals surface area contributed by atoms with Gasteiger partial charge >= 0.3 is 6.03 Å². The fraction of sp³-hybridized carbons (Fsp3) is 0.647. The Balaban J connectivity index is 2.53. The summed E-state index contributed by atoms with van der Waals surface area (Å²) < 4.78 is 0. The van der Waals surface area contributed by atoms with E-state index in [9.17, 15) is 9.90 Å². The molecule has 5 heteroatoms. The van der Waals surface area contributed by atoms with Gasteiger partial charge in [-0.3, -0.25) is 4.98 Å². The van der Waals surface area contributed by atoms with Crippen LogP contribution in [0, 0.1) is 11.8 Å². The molecule has 0 saturated carbocycles. The second-order valence-electron chi connectivity index (χ2n) is 6.50. The molecule has 0 spiro atoms. The van der Waals surface area contributed by atoms with Gasteiger partial charge in [0.2, 0.25) is 0 Å². The predicted octanol–water partition coefficient (Wildman–Crippen LogP) is 2.53. The van der Waals surface area contributed by atoms with Gasteiger partial charge in [-0.25, -0.2) is 4.79 Å². The minimum Gasteiger partial charge on any atom is -0.394 e. The number of aliphatic hydroxyl groups is 1. The zero-order valence-electron chi connectivity index (χ0n) is 14.0. The maximum Gasteiger partial charge on any atom is 0.315 e. The van der Waals surface area contributed by atoms with Crippen LogP contribution >= 0.6 is 0 Å². The summed E-state index contributed by atoms with van der Waals surface area (Å²) in [5.74, 6) is 1.04. The highest BCUT2D eigenvalue weighted by atomic mass is 16.3. The number of carbonyl (C=O) groups excluding carboxylic acids is 1. The van der Waals surface area contributed by atoms with Crippen LogP contribution in [0.25, 0.3) is 0 Å². The van der Waals surface area contributed by atoms with Crippen molar-refractivity contribution in [2.45, 2.75) is 46.1 Å². The second kappa shape index (κ2) is 9.41. The first kappa shape index (κ1) is 18.4. The number of hydrogen-bond donors (Lipinski definition) is 3. The second-order valence-corrected chi connectivity index (χ2v) is 6.50. The number of pyridine rings is 1. The van der Waals surface area contributed by atoms with Crippen molar-refractivity contribution in [1.82, 2.24) is 15.6 Å². The quantitative estimate of drug-likeness (QED) is 0.691. The molecule has 0 saturated heterocycles. The summed E-state index contributed by atoms with van der Waals surface area (Å²) >= 11 is 0. The van der Waals surface area contributed by atoms with Gasteiger partial charge in [-0.2, -0.15) is 0 Å². The van der Waals surface area contributed by atoms with Gasteiger partial charge in [0, 0.05) is 24.9 Å². The van der Waals surface area contributed by atoms with Gasteiger partial charge in [-0.1, -0.05) is 33.8 Å². The average Bonchev–Trinajstić information content (AvgIpc) is 2.47. The molecule has 124 valence electrons. The van der Waals surface area contributed by atoms with Crippen LogP contribution in [-0.2, 0) is 0 Å². The molecule has 0 fully saturated rings. The van der Waals surface area contributed by atoms with Crippen molar-refractivity contribution in [1.29, 1.82) is 0 Å². The number of nitrogens with one attached hydrogen (secondary N) is 2. The lowest BCUT2D eigenvalue weighted by Crippen LogP contribution is -2.45. The fourth-order valence-corrected chi connectivity index (χ4v) is 2.52. The fourth-order valence-electron chi connectivity index (χ4n) is 2.52. The van der Waals surface area contributed by atoms with Crippen molar-refractivity contribution in [3.63, 3.8) is 0 Å². The molecule has 2 amide bonds. The number of urea groups is 1. The molecule has 3 N–H and O–H groups in total. The van der Waals surface area contributed by atoms with Crippen molar-refractivity contribution in [3.8, 4) is 0 Å². The van der Waals surface area contributed by atoms with Gasteiger partial charge < -0.3 is 15.7 Å². The summed E-state index contributed by atoms with van der Waals surface area (Å²) in [6, 6.07) is 3.52. The Morgan fingerprint density at radius 3 is 2.55 bits per heavy atom. The Kier molecular flexibility index (Phi) is 7.88. The lowest BCUT2D eigenvalue weighted by Gasteiger charge is -2.23. The molecule has 22 heavy (non-hydrogen) atoms. The summed E-state index contributed by atoms with van der Waals surface area (Å²) in [5.41, 5.74) is 1.12. The largest absolute Gasteiger partial charge is 0.394 e. The van der Waals surface area contributed by atoms with Crippen LogP contribution in [0.3, 0.4) is 0 Å². The Labute approximate surface area is 133 Å². The Bertz CT molecular complexity index is 435. The van der Waals surface area contributed by atoms with E-state index in [1.54, 1.807) is 6.20 Å². The van der Waals surface area contributed by atoms with E-state index in [-0.39, 0.29) is 24.6 Å². The maximum absolute atomic E-state index is 12.0. The normalized spacial score (nSPS) is 14.0. The molecule has 1 aromatic rings. The number of carbonyl (C=O) groups is 1.